The van der Waals surface area contributed by atoms with Gasteiger partial charge in [0.25, 0.3) is 0 Å². The molecule has 0 aliphatic heterocycles. The molecule has 0 fully saturated rings. The molecule has 3 N–H and O–H groups in total. The Morgan fingerprint density at radius 3 is 2.86 bits per heavy atom. The van der Waals surface area contributed by atoms with E-state index in [-0.39, 0.29) is 13.2 Å². The Hall–Kier alpha value is -1.55. The smallest absolute Gasteiger partial charge is 0.249 e. The summed E-state index contributed by atoms with van der Waals surface area (Å²) >= 11 is 0. The third-order valence-corrected chi connectivity index (χ3v) is 1.83. The first-order chi connectivity index (χ1) is 6.65. The summed E-state index contributed by atoms with van der Waals surface area (Å²) in [6.07, 6.45) is 0. The van der Waals surface area contributed by atoms with Crippen molar-refractivity contribution in [3.8, 4) is 5.75 Å². The maximum atomic E-state index is 11.0. The lowest BCUT2D eigenvalue weighted by molar-refractivity contribution is 0.0999. The van der Waals surface area contributed by atoms with Gasteiger partial charge in [0, 0.05) is 5.56 Å². The molecule has 0 saturated carbocycles. The van der Waals surface area contributed by atoms with Crippen LogP contribution in [-0.2, 0) is 0 Å². The van der Waals surface area contributed by atoms with E-state index in [4.69, 9.17) is 15.6 Å². The first-order valence-electron chi connectivity index (χ1n) is 4.29. The second-order valence-electron chi connectivity index (χ2n) is 2.91. The van der Waals surface area contributed by atoms with Crippen molar-refractivity contribution in [2.75, 3.05) is 13.2 Å². The molecule has 4 nitrogen and oxygen atoms in total. The summed E-state index contributed by atoms with van der Waals surface area (Å²) in [5, 5.41) is 8.54. The van der Waals surface area contributed by atoms with Crippen molar-refractivity contribution in [2.24, 2.45) is 5.73 Å². The van der Waals surface area contributed by atoms with Gasteiger partial charge in [-0.25, -0.2) is 0 Å². The molecule has 0 radical (unpaired) electrons. The molecule has 1 rings (SSSR count). The summed E-state index contributed by atoms with van der Waals surface area (Å²) in [4.78, 5) is 11.0. The number of ether oxygens (including phenoxy) is 1. The zero-order chi connectivity index (χ0) is 10.6. The molecule has 0 saturated heterocycles. The van der Waals surface area contributed by atoms with Gasteiger partial charge in [0.15, 0.2) is 0 Å². The summed E-state index contributed by atoms with van der Waals surface area (Å²) in [6, 6.07) is 5.07. The molecule has 0 spiro atoms. The predicted molar refractivity (Wildman–Crippen MR) is 52.3 cm³/mol. The van der Waals surface area contributed by atoms with Crippen LogP contribution in [0.15, 0.2) is 18.2 Å². The highest BCUT2D eigenvalue weighted by molar-refractivity contribution is 5.94. The number of carbonyl (C=O) groups excluding carboxylic acids is 1. The second-order valence-corrected chi connectivity index (χ2v) is 2.91. The largest absolute Gasteiger partial charge is 0.491 e. The quantitative estimate of drug-likeness (QED) is 0.733. The van der Waals surface area contributed by atoms with Crippen molar-refractivity contribution in [2.45, 2.75) is 6.92 Å². The molecule has 14 heavy (non-hydrogen) atoms. The lowest BCUT2D eigenvalue weighted by Crippen LogP contribution is -2.13. The van der Waals surface area contributed by atoms with E-state index in [9.17, 15) is 4.79 Å². The Balaban J connectivity index is 2.89. The number of benzene rings is 1. The molecule has 0 atom stereocenters. The first kappa shape index (κ1) is 10.5. The Kier molecular flexibility index (Phi) is 3.48. The van der Waals surface area contributed by atoms with E-state index in [1.165, 1.54) is 0 Å². The maximum absolute atomic E-state index is 11.0. The van der Waals surface area contributed by atoms with Crippen LogP contribution in [0.4, 0.5) is 0 Å². The maximum Gasteiger partial charge on any atom is 0.249 e. The van der Waals surface area contributed by atoms with E-state index in [2.05, 4.69) is 0 Å². The Morgan fingerprint density at radius 1 is 1.57 bits per heavy atom. The number of rotatable bonds is 4. The normalized spacial score (nSPS) is 9.86. The fourth-order valence-corrected chi connectivity index (χ4v) is 1.12. The van der Waals surface area contributed by atoms with Crippen molar-refractivity contribution in [3.05, 3.63) is 29.3 Å². The molecule has 0 heterocycles. The molecule has 4 heteroatoms. The van der Waals surface area contributed by atoms with E-state index in [0.717, 1.165) is 5.56 Å². The van der Waals surface area contributed by atoms with E-state index in [1.807, 2.05) is 0 Å². The van der Waals surface area contributed by atoms with Crippen molar-refractivity contribution < 1.29 is 14.6 Å². The lowest BCUT2D eigenvalue weighted by Gasteiger charge is -2.07. The summed E-state index contributed by atoms with van der Waals surface area (Å²) < 4.78 is 5.14. The van der Waals surface area contributed by atoms with Crippen LogP contribution in [-0.4, -0.2) is 24.2 Å². The molecule has 1 aromatic rings. The molecule has 76 valence electrons. The number of nitrogens with two attached hydrogens (primary N) is 1. The van der Waals surface area contributed by atoms with Crippen LogP contribution in [0, 0.1) is 6.92 Å². The standard InChI is InChI=1S/C10H13NO3/c1-7-2-3-8(14-5-4-12)6-9(7)10(11)13/h2-3,6,12H,4-5H2,1H3,(H2,11,13). The molecule has 0 aromatic heterocycles. The van der Waals surface area contributed by atoms with Crippen LogP contribution in [0.25, 0.3) is 0 Å². The molecule has 1 aromatic carbocycles. The van der Waals surface area contributed by atoms with Crippen LogP contribution >= 0.6 is 0 Å². The minimum absolute atomic E-state index is 0.0558. The Morgan fingerprint density at radius 2 is 2.29 bits per heavy atom. The van der Waals surface area contributed by atoms with Gasteiger partial charge in [-0.1, -0.05) is 6.07 Å². The average Bonchev–Trinajstić information content (AvgIpc) is 2.16. The number of amides is 1. The topological polar surface area (TPSA) is 72.6 Å². The second kappa shape index (κ2) is 4.62. The predicted octanol–water partition coefficient (Wildman–Crippen LogP) is 0.465. The highest BCUT2D eigenvalue weighted by Crippen LogP contribution is 2.16. The molecule has 0 aliphatic rings. The fourth-order valence-electron chi connectivity index (χ4n) is 1.12. The highest BCUT2D eigenvalue weighted by atomic mass is 16.5. The number of hydrogen-bond donors (Lipinski definition) is 2. The van der Waals surface area contributed by atoms with Crippen molar-refractivity contribution in [3.63, 3.8) is 0 Å². The number of primary amides is 1. The Bertz CT molecular complexity index is 336. The molecule has 0 bridgehead atoms. The van der Waals surface area contributed by atoms with Crippen LogP contribution < -0.4 is 10.5 Å². The molecule has 1 amide bonds. The van der Waals surface area contributed by atoms with Crippen molar-refractivity contribution in [1.82, 2.24) is 0 Å². The number of aliphatic hydroxyl groups is 1. The minimum atomic E-state index is -0.475. The van der Waals surface area contributed by atoms with Crippen molar-refractivity contribution >= 4 is 5.91 Å². The van der Waals surface area contributed by atoms with Crippen LogP contribution in [0.5, 0.6) is 5.75 Å². The Labute approximate surface area is 82.3 Å². The monoisotopic (exact) mass is 195 g/mol. The van der Waals surface area contributed by atoms with Gasteiger partial charge in [-0.05, 0) is 24.6 Å². The number of carbonyl (C=O) groups is 1. The third-order valence-electron chi connectivity index (χ3n) is 1.83. The summed E-state index contributed by atoms with van der Waals surface area (Å²) in [7, 11) is 0. The minimum Gasteiger partial charge on any atom is -0.491 e. The first-order valence-corrected chi connectivity index (χ1v) is 4.29. The van der Waals surface area contributed by atoms with E-state index in [0.29, 0.717) is 11.3 Å². The van der Waals surface area contributed by atoms with Crippen LogP contribution in [0.3, 0.4) is 0 Å². The van der Waals surface area contributed by atoms with Crippen LogP contribution in [0.2, 0.25) is 0 Å². The zero-order valence-electron chi connectivity index (χ0n) is 7.99. The van der Waals surface area contributed by atoms with Gasteiger partial charge in [-0.15, -0.1) is 0 Å². The molecule has 0 aliphatic carbocycles. The highest BCUT2D eigenvalue weighted by Gasteiger charge is 2.05. The SMILES string of the molecule is Cc1ccc(OCCO)cc1C(N)=O. The summed E-state index contributed by atoms with van der Waals surface area (Å²) in [6.45, 7) is 1.96. The third kappa shape index (κ3) is 2.47. The molecular formula is C10H13NO3. The molecular weight excluding hydrogens is 182 g/mol. The van der Waals surface area contributed by atoms with Gasteiger partial charge in [0.05, 0.1) is 6.61 Å². The number of hydrogen-bond acceptors (Lipinski definition) is 3. The van der Waals surface area contributed by atoms with E-state index >= 15 is 0 Å². The average molecular weight is 195 g/mol. The van der Waals surface area contributed by atoms with E-state index in [1.54, 1.807) is 25.1 Å². The van der Waals surface area contributed by atoms with Gasteiger partial charge in [0.1, 0.15) is 12.4 Å². The summed E-state index contributed by atoms with van der Waals surface area (Å²) in [5.74, 6) is 0.0652. The van der Waals surface area contributed by atoms with Gasteiger partial charge in [0.2, 0.25) is 5.91 Å². The van der Waals surface area contributed by atoms with Crippen molar-refractivity contribution in [1.29, 1.82) is 0 Å². The van der Waals surface area contributed by atoms with Gasteiger partial charge in [-0.3, -0.25) is 4.79 Å². The fraction of sp³-hybridized carbons (Fsp3) is 0.300. The number of aliphatic hydroxyl groups excluding tert-OH is 1. The van der Waals surface area contributed by atoms with Gasteiger partial charge >= 0.3 is 0 Å². The molecule has 0 unspecified atom stereocenters. The number of aryl methyl sites for hydroxylation is 1. The zero-order valence-corrected chi connectivity index (χ0v) is 7.99. The summed E-state index contributed by atoms with van der Waals surface area (Å²) in [5.41, 5.74) is 6.43. The lowest BCUT2D eigenvalue weighted by atomic mass is 10.1. The van der Waals surface area contributed by atoms with Gasteiger partial charge < -0.3 is 15.6 Å². The van der Waals surface area contributed by atoms with E-state index < -0.39 is 5.91 Å². The van der Waals surface area contributed by atoms with Gasteiger partial charge in [-0.2, -0.15) is 0 Å². The van der Waals surface area contributed by atoms with Crippen LogP contribution in [0.1, 0.15) is 15.9 Å².